The van der Waals surface area contributed by atoms with Crippen LogP contribution in [0.3, 0.4) is 0 Å². The molecule has 1 saturated carbocycles. The molecule has 1 heterocycles. The van der Waals surface area contributed by atoms with Gasteiger partial charge in [0.25, 0.3) is 5.91 Å². The molecule has 192 valence electrons. The van der Waals surface area contributed by atoms with Gasteiger partial charge in [0.05, 0.1) is 18.0 Å². The van der Waals surface area contributed by atoms with E-state index in [2.05, 4.69) is 37.1 Å². The first-order valence-corrected chi connectivity index (χ1v) is 12.7. The van der Waals surface area contributed by atoms with E-state index in [1.54, 1.807) is 12.1 Å². The van der Waals surface area contributed by atoms with Gasteiger partial charge in [-0.25, -0.2) is 0 Å². The summed E-state index contributed by atoms with van der Waals surface area (Å²) >= 11 is 0. The van der Waals surface area contributed by atoms with Gasteiger partial charge in [0.15, 0.2) is 0 Å². The molecule has 1 aromatic carbocycles. The van der Waals surface area contributed by atoms with Gasteiger partial charge < -0.3 is 16.4 Å². The van der Waals surface area contributed by atoms with Crippen molar-refractivity contribution in [3.05, 3.63) is 35.4 Å². The lowest BCUT2D eigenvalue weighted by Gasteiger charge is -2.39. The summed E-state index contributed by atoms with van der Waals surface area (Å²) in [6, 6.07) is 7.21. The summed E-state index contributed by atoms with van der Waals surface area (Å²) in [5, 5.41) is 6.09. The molecule has 2 aliphatic rings. The van der Waals surface area contributed by atoms with Gasteiger partial charge >= 0.3 is 0 Å². The van der Waals surface area contributed by atoms with Crippen LogP contribution in [0.5, 0.6) is 0 Å². The minimum Gasteiger partial charge on any atom is -0.357 e. The molecule has 0 bridgehead atoms. The summed E-state index contributed by atoms with van der Waals surface area (Å²) in [6.07, 6.45) is 3.58. The Morgan fingerprint density at radius 1 is 1.06 bits per heavy atom. The smallest absolute Gasteiger partial charge is 0.251 e. The SMILES string of the molecule is CC(C)(C)c1ccc(C(=O)NC(C)(C)C(C[NH3+])C(=O)N[C@@H]2CCCC[C@@H]2C(=O)N2CCC2=O)cc1. The van der Waals surface area contributed by atoms with Crippen LogP contribution in [-0.2, 0) is 19.8 Å². The first-order chi connectivity index (χ1) is 16.3. The summed E-state index contributed by atoms with van der Waals surface area (Å²) in [5.74, 6) is -1.76. The van der Waals surface area contributed by atoms with Crippen molar-refractivity contribution >= 4 is 23.6 Å². The lowest BCUT2D eigenvalue weighted by molar-refractivity contribution is -0.378. The lowest BCUT2D eigenvalue weighted by Crippen LogP contribution is -2.66. The second-order valence-corrected chi connectivity index (χ2v) is 11.5. The topological polar surface area (TPSA) is 123 Å². The van der Waals surface area contributed by atoms with E-state index in [0.717, 1.165) is 18.4 Å². The predicted molar refractivity (Wildman–Crippen MR) is 133 cm³/mol. The molecule has 3 rings (SSSR count). The fourth-order valence-electron chi connectivity index (χ4n) is 5.02. The Labute approximate surface area is 208 Å². The fourth-order valence-corrected chi connectivity index (χ4v) is 5.02. The number of hydrogen-bond donors (Lipinski definition) is 3. The molecular formula is C27H41N4O4+. The normalized spacial score (nSPS) is 21.7. The average Bonchev–Trinajstić information content (AvgIpc) is 2.77. The van der Waals surface area contributed by atoms with Gasteiger partial charge in [0, 0.05) is 24.6 Å². The Balaban J connectivity index is 1.67. The third-order valence-electron chi connectivity index (χ3n) is 7.45. The fraction of sp³-hybridized carbons (Fsp3) is 0.630. The molecule has 5 N–H and O–H groups in total. The van der Waals surface area contributed by atoms with E-state index in [1.165, 1.54) is 4.90 Å². The van der Waals surface area contributed by atoms with E-state index in [0.29, 0.717) is 31.4 Å². The van der Waals surface area contributed by atoms with Gasteiger partial charge in [0.2, 0.25) is 17.7 Å². The van der Waals surface area contributed by atoms with Crippen LogP contribution in [0.2, 0.25) is 0 Å². The van der Waals surface area contributed by atoms with Crippen molar-refractivity contribution in [3.63, 3.8) is 0 Å². The molecule has 35 heavy (non-hydrogen) atoms. The van der Waals surface area contributed by atoms with Crippen molar-refractivity contribution in [2.45, 2.75) is 83.7 Å². The monoisotopic (exact) mass is 485 g/mol. The number of carbonyl (C=O) groups is 4. The van der Waals surface area contributed by atoms with Crippen LogP contribution in [-0.4, -0.2) is 53.2 Å². The van der Waals surface area contributed by atoms with Crippen molar-refractivity contribution in [3.8, 4) is 0 Å². The van der Waals surface area contributed by atoms with Gasteiger partial charge in [-0.2, -0.15) is 0 Å². The van der Waals surface area contributed by atoms with Crippen LogP contribution in [0.1, 0.15) is 82.6 Å². The molecule has 0 aromatic heterocycles. The predicted octanol–water partition coefficient (Wildman–Crippen LogP) is 1.78. The highest BCUT2D eigenvalue weighted by Crippen LogP contribution is 2.29. The van der Waals surface area contributed by atoms with Gasteiger partial charge in [-0.05, 0) is 49.8 Å². The number of hydrogen-bond acceptors (Lipinski definition) is 4. The third kappa shape index (κ3) is 6.10. The number of quaternary nitrogens is 1. The summed E-state index contributed by atoms with van der Waals surface area (Å²) in [6.45, 7) is 10.8. The number of rotatable bonds is 7. The number of likely N-dealkylation sites (tertiary alicyclic amines) is 1. The average molecular weight is 486 g/mol. The number of benzene rings is 1. The third-order valence-corrected chi connectivity index (χ3v) is 7.45. The van der Waals surface area contributed by atoms with Gasteiger partial charge in [-0.15, -0.1) is 0 Å². The molecule has 2 fully saturated rings. The van der Waals surface area contributed by atoms with Crippen molar-refractivity contribution in [2.24, 2.45) is 11.8 Å². The van der Waals surface area contributed by atoms with Crippen molar-refractivity contribution in [1.82, 2.24) is 15.5 Å². The molecule has 8 nitrogen and oxygen atoms in total. The number of nitrogens with zero attached hydrogens (tertiary/aromatic N) is 1. The van der Waals surface area contributed by atoms with Gasteiger partial charge in [0.1, 0.15) is 5.92 Å². The second-order valence-electron chi connectivity index (χ2n) is 11.5. The van der Waals surface area contributed by atoms with Gasteiger partial charge in [-0.3, -0.25) is 24.1 Å². The van der Waals surface area contributed by atoms with Crippen LogP contribution in [0.25, 0.3) is 0 Å². The zero-order valence-electron chi connectivity index (χ0n) is 21.8. The summed E-state index contributed by atoms with van der Waals surface area (Å²) < 4.78 is 0. The minimum absolute atomic E-state index is 0.00730. The van der Waals surface area contributed by atoms with E-state index >= 15 is 0 Å². The summed E-state index contributed by atoms with van der Waals surface area (Å²) in [7, 11) is 0. The molecule has 1 saturated heterocycles. The number of carbonyl (C=O) groups excluding carboxylic acids is 4. The van der Waals surface area contributed by atoms with Crippen LogP contribution < -0.4 is 16.4 Å². The van der Waals surface area contributed by atoms with Crippen LogP contribution in [0, 0.1) is 11.8 Å². The molecule has 1 unspecified atom stereocenters. The number of nitrogens with one attached hydrogen (secondary N) is 2. The molecule has 0 radical (unpaired) electrons. The molecule has 4 amide bonds. The Morgan fingerprint density at radius 3 is 2.20 bits per heavy atom. The number of amides is 4. The second kappa shape index (κ2) is 10.5. The van der Waals surface area contributed by atoms with E-state index < -0.39 is 11.5 Å². The van der Waals surface area contributed by atoms with Crippen molar-refractivity contribution < 1.29 is 24.9 Å². The highest BCUT2D eigenvalue weighted by Gasteiger charge is 2.42. The molecule has 1 aliphatic carbocycles. The maximum atomic E-state index is 13.4. The quantitative estimate of drug-likeness (QED) is 0.402. The molecular weight excluding hydrogens is 444 g/mol. The van der Waals surface area contributed by atoms with E-state index in [1.807, 2.05) is 26.0 Å². The zero-order valence-corrected chi connectivity index (χ0v) is 21.8. The summed E-state index contributed by atoms with van der Waals surface area (Å²) in [5.41, 5.74) is 4.78. The first kappa shape index (κ1) is 26.9. The standard InChI is InChI=1S/C27H40N4O4/c1-26(2,3)18-12-10-17(11-13-18)23(33)30-27(4,5)20(16-28)24(34)29-21-9-7-6-8-19(21)25(35)31-15-14-22(31)32/h10-13,19-21H,6-9,14-16,28H2,1-5H3,(H,29,34)(H,30,33)/p+1/t19-,20?,21+/m0/s1. The van der Waals surface area contributed by atoms with Crippen LogP contribution in [0.4, 0.5) is 0 Å². The highest BCUT2D eigenvalue weighted by molar-refractivity contribution is 6.00. The highest BCUT2D eigenvalue weighted by atomic mass is 16.2. The van der Waals surface area contributed by atoms with E-state index in [9.17, 15) is 19.2 Å². The lowest BCUT2D eigenvalue weighted by atomic mass is 9.81. The Hall–Kier alpha value is -2.74. The van der Waals surface area contributed by atoms with Crippen molar-refractivity contribution in [1.29, 1.82) is 0 Å². The maximum Gasteiger partial charge on any atom is 0.251 e. The minimum atomic E-state index is -0.854. The van der Waals surface area contributed by atoms with Crippen LogP contribution >= 0.6 is 0 Å². The molecule has 1 aliphatic heterocycles. The number of imide groups is 1. The largest absolute Gasteiger partial charge is 0.357 e. The molecule has 1 aromatic rings. The maximum absolute atomic E-state index is 13.4. The Kier molecular flexibility index (Phi) is 8.04. The Morgan fingerprint density at radius 2 is 1.69 bits per heavy atom. The van der Waals surface area contributed by atoms with Gasteiger partial charge in [-0.1, -0.05) is 45.7 Å². The van der Waals surface area contributed by atoms with Crippen molar-refractivity contribution in [2.75, 3.05) is 13.1 Å². The van der Waals surface area contributed by atoms with E-state index in [4.69, 9.17) is 0 Å². The molecule has 8 heteroatoms. The molecule has 3 atom stereocenters. The Bertz CT molecular complexity index is 964. The zero-order chi connectivity index (χ0) is 26.0. The summed E-state index contributed by atoms with van der Waals surface area (Å²) in [4.78, 5) is 52.3. The first-order valence-electron chi connectivity index (χ1n) is 12.7. The number of β-lactam (4-membered cyclic amide) rings is 1. The molecule has 0 spiro atoms. The van der Waals surface area contributed by atoms with E-state index in [-0.39, 0.29) is 47.5 Å². The van der Waals surface area contributed by atoms with Crippen LogP contribution in [0.15, 0.2) is 24.3 Å².